The zero-order valence-electron chi connectivity index (χ0n) is 9.77. The van der Waals surface area contributed by atoms with Gasteiger partial charge >= 0.3 is 6.18 Å². The SMILES string of the molecule is O=C(CCOCC(F)(F)F)Cc1ccc(Cl)cc1F. The van der Waals surface area contributed by atoms with Crippen molar-refractivity contribution in [1.82, 2.24) is 0 Å². The van der Waals surface area contributed by atoms with Crippen LogP contribution in [0.25, 0.3) is 0 Å². The molecule has 0 atom stereocenters. The largest absolute Gasteiger partial charge is 0.411 e. The van der Waals surface area contributed by atoms with Gasteiger partial charge in [0, 0.05) is 17.9 Å². The third-order valence-corrected chi connectivity index (χ3v) is 2.43. The second-order valence-corrected chi connectivity index (χ2v) is 4.31. The summed E-state index contributed by atoms with van der Waals surface area (Å²) >= 11 is 5.55. The molecule has 0 amide bonds. The van der Waals surface area contributed by atoms with Crippen LogP contribution in [0.15, 0.2) is 18.2 Å². The van der Waals surface area contributed by atoms with Crippen LogP contribution in [-0.4, -0.2) is 25.2 Å². The van der Waals surface area contributed by atoms with E-state index in [-0.39, 0.29) is 30.0 Å². The van der Waals surface area contributed by atoms with Crippen molar-refractivity contribution < 1.29 is 27.1 Å². The number of benzene rings is 1. The van der Waals surface area contributed by atoms with Gasteiger partial charge in [-0.3, -0.25) is 4.79 Å². The Morgan fingerprint density at radius 1 is 1.32 bits per heavy atom. The number of Topliss-reactive ketones (excluding diaryl/α,β-unsaturated/α-hetero) is 1. The molecule has 2 nitrogen and oxygen atoms in total. The topological polar surface area (TPSA) is 26.3 Å². The quantitative estimate of drug-likeness (QED) is 0.593. The van der Waals surface area contributed by atoms with Crippen LogP contribution in [-0.2, 0) is 16.0 Å². The first-order valence-corrected chi connectivity index (χ1v) is 5.76. The molecule has 0 saturated carbocycles. The van der Waals surface area contributed by atoms with E-state index in [1.165, 1.54) is 12.1 Å². The minimum absolute atomic E-state index is 0.158. The number of ketones is 1. The Balaban J connectivity index is 2.35. The molecule has 0 radical (unpaired) electrons. The molecular formula is C12H11ClF4O2. The van der Waals surface area contributed by atoms with Gasteiger partial charge in [0.2, 0.25) is 0 Å². The third-order valence-electron chi connectivity index (χ3n) is 2.19. The number of carbonyl (C=O) groups is 1. The normalized spacial score (nSPS) is 11.6. The maximum Gasteiger partial charge on any atom is 0.411 e. The van der Waals surface area contributed by atoms with E-state index in [1.807, 2.05) is 0 Å². The van der Waals surface area contributed by atoms with Crippen molar-refractivity contribution in [3.05, 3.63) is 34.6 Å². The molecule has 0 fully saturated rings. The van der Waals surface area contributed by atoms with Gasteiger partial charge in [-0.15, -0.1) is 0 Å². The molecule has 0 heterocycles. The highest BCUT2D eigenvalue weighted by molar-refractivity contribution is 6.30. The van der Waals surface area contributed by atoms with Crippen molar-refractivity contribution in [2.24, 2.45) is 0 Å². The second kappa shape index (κ2) is 6.86. The summed E-state index contributed by atoms with van der Waals surface area (Å²) in [6, 6.07) is 3.88. The van der Waals surface area contributed by atoms with E-state index in [9.17, 15) is 22.4 Å². The lowest BCUT2D eigenvalue weighted by molar-refractivity contribution is -0.174. The zero-order valence-corrected chi connectivity index (χ0v) is 10.5. The summed E-state index contributed by atoms with van der Waals surface area (Å²) < 4.78 is 52.9. The second-order valence-electron chi connectivity index (χ2n) is 3.87. The molecule has 0 aromatic heterocycles. The Morgan fingerprint density at radius 2 is 2.00 bits per heavy atom. The Bertz CT molecular complexity index is 446. The monoisotopic (exact) mass is 298 g/mol. The van der Waals surface area contributed by atoms with E-state index in [0.29, 0.717) is 0 Å². The van der Waals surface area contributed by atoms with E-state index >= 15 is 0 Å². The summed E-state index contributed by atoms with van der Waals surface area (Å²) in [6.45, 7) is -1.73. The summed E-state index contributed by atoms with van der Waals surface area (Å²) in [7, 11) is 0. The third kappa shape index (κ3) is 6.54. The number of ether oxygens (including phenoxy) is 1. The average molecular weight is 299 g/mol. The van der Waals surface area contributed by atoms with E-state index in [4.69, 9.17) is 11.6 Å². The van der Waals surface area contributed by atoms with Gasteiger partial charge in [0.05, 0.1) is 6.61 Å². The number of rotatable bonds is 6. The predicted molar refractivity (Wildman–Crippen MR) is 61.6 cm³/mol. The van der Waals surface area contributed by atoms with Gasteiger partial charge < -0.3 is 4.74 Å². The van der Waals surface area contributed by atoms with Crippen molar-refractivity contribution in [3.63, 3.8) is 0 Å². The Morgan fingerprint density at radius 3 is 2.58 bits per heavy atom. The van der Waals surface area contributed by atoms with E-state index in [0.717, 1.165) is 6.07 Å². The van der Waals surface area contributed by atoms with Crippen molar-refractivity contribution in [3.8, 4) is 0 Å². The van der Waals surface area contributed by atoms with E-state index < -0.39 is 24.4 Å². The highest BCUT2D eigenvalue weighted by Crippen LogP contribution is 2.16. The van der Waals surface area contributed by atoms with Gasteiger partial charge in [0.15, 0.2) is 0 Å². The van der Waals surface area contributed by atoms with Gasteiger partial charge in [-0.1, -0.05) is 17.7 Å². The lowest BCUT2D eigenvalue weighted by Gasteiger charge is -2.07. The number of carbonyl (C=O) groups excluding carboxylic acids is 1. The van der Waals surface area contributed by atoms with Gasteiger partial charge in [-0.2, -0.15) is 13.2 Å². The Labute approximate surface area is 112 Å². The molecule has 1 aromatic carbocycles. The molecule has 0 aliphatic carbocycles. The zero-order chi connectivity index (χ0) is 14.5. The Kier molecular flexibility index (Phi) is 5.75. The maximum atomic E-state index is 13.3. The molecule has 0 aliphatic rings. The molecule has 0 aliphatic heterocycles. The summed E-state index contributed by atoms with van der Waals surface area (Å²) in [4.78, 5) is 11.4. The van der Waals surface area contributed by atoms with Crippen molar-refractivity contribution in [1.29, 1.82) is 0 Å². The molecular weight excluding hydrogens is 288 g/mol. The van der Waals surface area contributed by atoms with Crippen molar-refractivity contribution in [2.45, 2.75) is 19.0 Å². The van der Waals surface area contributed by atoms with Crippen molar-refractivity contribution >= 4 is 17.4 Å². The van der Waals surface area contributed by atoms with Crippen LogP contribution in [0.5, 0.6) is 0 Å². The van der Waals surface area contributed by atoms with Gasteiger partial charge in [-0.25, -0.2) is 4.39 Å². The highest BCUT2D eigenvalue weighted by atomic mass is 35.5. The van der Waals surface area contributed by atoms with Crippen LogP contribution >= 0.6 is 11.6 Å². The summed E-state index contributed by atoms with van der Waals surface area (Å²) in [5.74, 6) is -1.01. The molecule has 0 unspecified atom stereocenters. The van der Waals surface area contributed by atoms with E-state index in [2.05, 4.69) is 4.74 Å². The van der Waals surface area contributed by atoms with Crippen LogP contribution in [0.2, 0.25) is 5.02 Å². The molecule has 7 heteroatoms. The molecule has 19 heavy (non-hydrogen) atoms. The Hall–Kier alpha value is -1.14. The summed E-state index contributed by atoms with van der Waals surface area (Å²) in [5, 5.41) is 0.210. The predicted octanol–water partition coefficient (Wildman–Crippen LogP) is 3.56. The molecule has 106 valence electrons. The number of hydrogen-bond donors (Lipinski definition) is 0. The first-order chi connectivity index (χ1) is 8.78. The molecule has 0 spiro atoms. The summed E-state index contributed by atoms with van der Waals surface area (Å²) in [6.07, 6.45) is -4.80. The fourth-order valence-electron chi connectivity index (χ4n) is 1.34. The van der Waals surface area contributed by atoms with Crippen LogP contribution in [0.3, 0.4) is 0 Å². The van der Waals surface area contributed by atoms with Gasteiger partial charge in [0.25, 0.3) is 0 Å². The molecule has 1 aromatic rings. The summed E-state index contributed by atoms with van der Waals surface area (Å²) in [5.41, 5.74) is 0.158. The minimum Gasteiger partial charge on any atom is -0.372 e. The standard InChI is InChI=1S/C12H11ClF4O2/c13-9-2-1-8(11(14)6-9)5-10(18)3-4-19-7-12(15,16)17/h1-2,6H,3-5,7H2. The average Bonchev–Trinajstić information content (AvgIpc) is 2.27. The maximum absolute atomic E-state index is 13.3. The molecule has 0 N–H and O–H groups in total. The van der Waals surface area contributed by atoms with Crippen LogP contribution in [0.4, 0.5) is 17.6 Å². The molecule has 0 bridgehead atoms. The van der Waals surface area contributed by atoms with E-state index in [1.54, 1.807) is 0 Å². The number of halogens is 5. The van der Waals surface area contributed by atoms with Crippen molar-refractivity contribution in [2.75, 3.05) is 13.2 Å². The van der Waals surface area contributed by atoms with Crippen LogP contribution in [0.1, 0.15) is 12.0 Å². The fourth-order valence-corrected chi connectivity index (χ4v) is 1.50. The smallest absolute Gasteiger partial charge is 0.372 e. The number of alkyl halides is 3. The van der Waals surface area contributed by atoms with Crippen LogP contribution in [0, 0.1) is 5.82 Å². The molecule has 1 rings (SSSR count). The first-order valence-electron chi connectivity index (χ1n) is 5.38. The number of hydrogen-bond acceptors (Lipinski definition) is 2. The highest BCUT2D eigenvalue weighted by Gasteiger charge is 2.27. The van der Waals surface area contributed by atoms with Gasteiger partial charge in [-0.05, 0) is 17.7 Å². The minimum atomic E-state index is -4.41. The van der Waals surface area contributed by atoms with Gasteiger partial charge in [0.1, 0.15) is 18.2 Å². The fraction of sp³-hybridized carbons (Fsp3) is 0.417. The lowest BCUT2D eigenvalue weighted by atomic mass is 10.1. The van der Waals surface area contributed by atoms with Crippen LogP contribution < -0.4 is 0 Å². The molecule has 0 saturated heterocycles. The lowest BCUT2D eigenvalue weighted by Crippen LogP contribution is -2.18. The first kappa shape index (κ1) is 15.9.